The molecule has 128 valence electrons. The van der Waals surface area contributed by atoms with Crippen molar-refractivity contribution in [3.63, 3.8) is 0 Å². The zero-order chi connectivity index (χ0) is 16.7. The molecule has 3 heterocycles. The Labute approximate surface area is 149 Å². The van der Waals surface area contributed by atoms with Crippen LogP contribution in [0, 0.1) is 0 Å². The lowest BCUT2D eigenvalue weighted by atomic mass is 9.83. The summed E-state index contributed by atoms with van der Waals surface area (Å²) in [7, 11) is 0. The molecule has 0 spiro atoms. The van der Waals surface area contributed by atoms with Crippen molar-refractivity contribution in [2.75, 3.05) is 18.8 Å². The molecule has 2 aliphatic heterocycles. The molecule has 1 atom stereocenters. The number of thioether (sulfide) groups is 1. The van der Waals surface area contributed by atoms with E-state index < -0.39 is 0 Å². The molecular formula is C17H20N2O3S2. The minimum Gasteiger partial charge on any atom is -0.340 e. The third-order valence-corrected chi connectivity index (χ3v) is 7.37. The molecule has 1 aromatic rings. The highest BCUT2D eigenvalue weighted by Crippen LogP contribution is 2.45. The van der Waals surface area contributed by atoms with Gasteiger partial charge in [-0.05, 0) is 30.7 Å². The predicted molar refractivity (Wildman–Crippen MR) is 94.2 cm³/mol. The van der Waals surface area contributed by atoms with Crippen LogP contribution < -0.4 is 0 Å². The number of thiophene rings is 1. The van der Waals surface area contributed by atoms with Crippen LogP contribution in [0.1, 0.15) is 37.0 Å². The van der Waals surface area contributed by atoms with Crippen molar-refractivity contribution in [1.82, 2.24) is 9.80 Å². The van der Waals surface area contributed by atoms with Gasteiger partial charge in [-0.15, -0.1) is 11.3 Å². The Morgan fingerprint density at radius 1 is 1.25 bits per heavy atom. The van der Waals surface area contributed by atoms with Gasteiger partial charge in [-0.25, -0.2) is 0 Å². The van der Waals surface area contributed by atoms with E-state index in [0.29, 0.717) is 19.5 Å². The maximum Gasteiger partial charge on any atom is 0.289 e. The van der Waals surface area contributed by atoms with Crippen molar-refractivity contribution in [2.45, 2.75) is 43.6 Å². The molecule has 0 N–H and O–H groups in total. The Morgan fingerprint density at radius 2 is 2.04 bits per heavy atom. The summed E-state index contributed by atoms with van der Waals surface area (Å²) < 4.78 is 0. The molecule has 0 radical (unpaired) electrons. The first kappa shape index (κ1) is 16.1. The molecule has 0 bridgehead atoms. The Kier molecular flexibility index (Phi) is 4.16. The van der Waals surface area contributed by atoms with Gasteiger partial charge in [0.1, 0.15) is 0 Å². The monoisotopic (exact) mass is 364 g/mol. The number of nitrogens with zero attached hydrogens (tertiary/aromatic N) is 2. The Morgan fingerprint density at radius 3 is 2.67 bits per heavy atom. The van der Waals surface area contributed by atoms with Gasteiger partial charge in [-0.2, -0.15) is 0 Å². The molecule has 3 aliphatic rings. The third kappa shape index (κ3) is 2.49. The van der Waals surface area contributed by atoms with Gasteiger partial charge < -0.3 is 4.90 Å². The van der Waals surface area contributed by atoms with E-state index in [-0.39, 0.29) is 34.3 Å². The highest BCUT2D eigenvalue weighted by atomic mass is 32.2. The molecule has 1 saturated carbocycles. The minimum atomic E-state index is -0.378. The van der Waals surface area contributed by atoms with Gasteiger partial charge in [0.25, 0.3) is 5.24 Å². The Hall–Kier alpha value is -1.34. The molecule has 24 heavy (non-hydrogen) atoms. The van der Waals surface area contributed by atoms with Crippen molar-refractivity contribution in [2.24, 2.45) is 0 Å². The van der Waals surface area contributed by atoms with Gasteiger partial charge >= 0.3 is 0 Å². The second-order valence-corrected chi connectivity index (χ2v) is 8.65. The summed E-state index contributed by atoms with van der Waals surface area (Å²) in [5, 5.41) is 1.88. The number of hydrogen-bond donors (Lipinski definition) is 0. The van der Waals surface area contributed by atoms with E-state index in [9.17, 15) is 14.4 Å². The highest BCUT2D eigenvalue weighted by molar-refractivity contribution is 8.14. The lowest BCUT2D eigenvalue weighted by Crippen LogP contribution is -2.46. The number of carbonyl (C=O) groups excluding carboxylic acids is 3. The van der Waals surface area contributed by atoms with Crippen LogP contribution in [0.4, 0.5) is 4.79 Å². The van der Waals surface area contributed by atoms with Crippen LogP contribution >= 0.6 is 23.1 Å². The average Bonchev–Trinajstić information content (AvgIpc) is 3.35. The summed E-state index contributed by atoms with van der Waals surface area (Å²) in [5.41, 5.74) is -0.378. The number of rotatable bonds is 3. The van der Waals surface area contributed by atoms with E-state index in [1.54, 1.807) is 11.3 Å². The first-order valence-corrected chi connectivity index (χ1v) is 10.3. The second kappa shape index (κ2) is 6.19. The van der Waals surface area contributed by atoms with Crippen molar-refractivity contribution < 1.29 is 14.4 Å². The summed E-state index contributed by atoms with van der Waals surface area (Å²) >= 11 is 2.73. The van der Waals surface area contributed by atoms with Crippen molar-refractivity contribution in [3.8, 4) is 0 Å². The number of imide groups is 1. The van der Waals surface area contributed by atoms with Crippen LogP contribution in [-0.4, -0.2) is 51.7 Å². The van der Waals surface area contributed by atoms with Gasteiger partial charge in [0.15, 0.2) is 0 Å². The Balaban J connectivity index is 1.53. The SMILES string of the molecule is O=C1CSC(=O)N1C1CCN(C(=O)C2(c3cccs3)CCCC2)C1. The quantitative estimate of drug-likeness (QED) is 0.828. The maximum absolute atomic E-state index is 13.3. The lowest BCUT2D eigenvalue weighted by Gasteiger charge is -2.32. The summed E-state index contributed by atoms with van der Waals surface area (Å²) in [4.78, 5) is 41.6. The van der Waals surface area contributed by atoms with E-state index in [1.165, 1.54) is 4.90 Å². The molecule has 3 fully saturated rings. The van der Waals surface area contributed by atoms with Gasteiger partial charge in [-0.3, -0.25) is 19.3 Å². The van der Waals surface area contributed by atoms with E-state index in [4.69, 9.17) is 0 Å². The van der Waals surface area contributed by atoms with E-state index >= 15 is 0 Å². The second-order valence-electron chi connectivity index (χ2n) is 6.78. The minimum absolute atomic E-state index is 0.113. The smallest absolute Gasteiger partial charge is 0.289 e. The number of hydrogen-bond acceptors (Lipinski definition) is 5. The normalized spacial score (nSPS) is 26.6. The maximum atomic E-state index is 13.3. The summed E-state index contributed by atoms with van der Waals surface area (Å²) in [6, 6.07) is 3.94. The van der Waals surface area contributed by atoms with Gasteiger partial charge in [0.05, 0.1) is 17.2 Å². The topological polar surface area (TPSA) is 57.7 Å². The van der Waals surface area contributed by atoms with Crippen LogP contribution in [0.3, 0.4) is 0 Å². The largest absolute Gasteiger partial charge is 0.340 e. The molecule has 0 aromatic carbocycles. The van der Waals surface area contributed by atoms with Crippen LogP contribution in [0.15, 0.2) is 17.5 Å². The fourth-order valence-electron chi connectivity index (χ4n) is 4.25. The summed E-state index contributed by atoms with van der Waals surface area (Å²) in [6.07, 6.45) is 4.68. The number of likely N-dealkylation sites (tertiary alicyclic amines) is 1. The average molecular weight is 364 g/mol. The lowest BCUT2D eigenvalue weighted by molar-refractivity contribution is -0.137. The molecule has 2 saturated heterocycles. The molecule has 7 heteroatoms. The fourth-order valence-corrected chi connectivity index (χ4v) is 6.01. The summed E-state index contributed by atoms with van der Waals surface area (Å²) in [5.74, 6) is 0.317. The number of amides is 3. The van der Waals surface area contributed by atoms with Gasteiger partial charge in [0.2, 0.25) is 11.8 Å². The zero-order valence-electron chi connectivity index (χ0n) is 13.4. The highest BCUT2D eigenvalue weighted by Gasteiger charge is 2.48. The van der Waals surface area contributed by atoms with Crippen molar-refractivity contribution in [3.05, 3.63) is 22.4 Å². The summed E-state index contributed by atoms with van der Waals surface area (Å²) in [6.45, 7) is 1.13. The van der Waals surface area contributed by atoms with Crippen molar-refractivity contribution >= 4 is 40.2 Å². The van der Waals surface area contributed by atoms with Crippen LogP contribution in [0.25, 0.3) is 0 Å². The first-order valence-electron chi connectivity index (χ1n) is 8.44. The molecule has 1 unspecified atom stereocenters. The molecule has 1 aliphatic carbocycles. The van der Waals surface area contributed by atoms with E-state index in [0.717, 1.165) is 42.3 Å². The molecule has 1 aromatic heterocycles. The van der Waals surface area contributed by atoms with Crippen LogP contribution in [-0.2, 0) is 15.0 Å². The van der Waals surface area contributed by atoms with Gasteiger partial charge in [-0.1, -0.05) is 30.7 Å². The molecule has 3 amide bonds. The predicted octanol–water partition coefficient (Wildman–Crippen LogP) is 2.86. The molecule has 4 rings (SSSR count). The van der Waals surface area contributed by atoms with E-state index in [1.807, 2.05) is 16.3 Å². The standard InChI is InChI=1S/C17H20N2O3S2/c20-14-11-24-16(22)19(14)12-5-8-18(10-12)15(21)17(6-1-2-7-17)13-4-3-9-23-13/h3-4,9,12H,1-2,5-8,10-11H2. The van der Waals surface area contributed by atoms with Crippen molar-refractivity contribution in [1.29, 1.82) is 0 Å². The fraction of sp³-hybridized carbons (Fsp3) is 0.588. The first-order chi connectivity index (χ1) is 11.6. The molecule has 5 nitrogen and oxygen atoms in total. The Bertz CT molecular complexity index is 651. The zero-order valence-corrected chi connectivity index (χ0v) is 15.0. The van der Waals surface area contributed by atoms with Crippen LogP contribution in [0.5, 0.6) is 0 Å². The van der Waals surface area contributed by atoms with Crippen LogP contribution in [0.2, 0.25) is 0 Å². The third-order valence-electron chi connectivity index (χ3n) is 5.46. The van der Waals surface area contributed by atoms with Gasteiger partial charge in [0, 0.05) is 18.0 Å². The number of carbonyl (C=O) groups is 3. The molecular weight excluding hydrogens is 344 g/mol. The van der Waals surface area contributed by atoms with E-state index in [2.05, 4.69) is 6.07 Å².